The normalized spacial score (nSPS) is 15.4. The van der Waals surface area contributed by atoms with Crippen molar-refractivity contribution in [1.82, 2.24) is 4.57 Å². The number of benzene rings is 12. The van der Waals surface area contributed by atoms with Crippen LogP contribution in [0.5, 0.6) is 0 Å². The molecule has 3 heterocycles. The Morgan fingerprint density at radius 1 is 0.259 bits per heavy atom. The highest BCUT2D eigenvalue weighted by molar-refractivity contribution is 7.00. The molecule has 0 N–H and O–H groups in total. The van der Waals surface area contributed by atoms with Crippen molar-refractivity contribution in [1.29, 1.82) is 0 Å². The van der Waals surface area contributed by atoms with E-state index < -0.39 is 100 Å². The van der Waals surface area contributed by atoms with Gasteiger partial charge in [0.15, 0.2) is 0 Å². The maximum atomic E-state index is 10.0. The molecule has 12 aromatic carbocycles. The van der Waals surface area contributed by atoms with E-state index in [0.717, 1.165) is 134 Å². The minimum absolute atomic E-state index is 0.0136. The third-order valence-corrected chi connectivity index (χ3v) is 23.4. The van der Waals surface area contributed by atoms with Crippen LogP contribution >= 0.6 is 0 Å². The summed E-state index contributed by atoms with van der Waals surface area (Å²) in [7, 11) is 0. The summed E-state index contributed by atoms with van der Waals surface area (Å²) in [5, 5.41) is -0.0792. The van der Waals surface area contributed by atoms with Crippen LogP contribution in [0.2, 0.25) is 0 Å². The maximum Gasteiger partial charge on any atom is 0.252 e. The Morgan fingerprint density at radius 2 is 0.652 bits per heavy atom. The molecule has 2 aliphatic heterocycles. The number of anilines is 6. The number of nitrogens with zero attached hydrogens (tertiary/aromatic N) is 3. The first-order chi connectivity index (χ1) is 57.6. The first-order valence-electron chi connectivity index (χ1n) is 46.7. The number of hydrogen-bond acceptors (Lipinski definition) is 2. The van der Waals surface area contributed by atoms with Crippen molar-refractivity contribution < 1.29 is 17.8 Å². The summed E-state index contributed by atoms with van der Waals surface area (Å²) in [4.78, 5) is 4.95. The van der Waals surface area contributed by atoms with E-state index in [4.69, 9.17) is 1.37 Å². The van der Waals surface area contributed by atoms with Gasteiger partial charge in [-0.1, -0.05) is 357 Å². The van der Waals surface area contributed by atoms with Gasteiger partial charge in [-0.05, 0) is 215 Å². The zero-order chi connectivity index (χ0) is 91.8. The minimum Gasteiger partial charge on any atom is -0.310 e. The van der Waals surface area contributed by atoms with Gasteiger partial charge in [-0.25, -0.2) is 0 Å². The first kappa shape index (κ1) is 62.6. The zero-order valence-electron chi connectivity index (χ0n) is 84.4. The molecule has 13 aromatic rings. The van der Waals surface area contributed by atoms with Crippen LogP contribution in [0.25, 0.3) is 83.1 Å². The smallest absolute Gasteiger partial charge is 0.252 e. The van der Waals surface area contributed by atoms with Gasteiger partial charge in [0.05, 0.1) is 40.2 Å². The van der Waals surface area contributed by atoms with Gasteiger partial charge in [-0.3, -0.25) is 0 Å². The van der Waals surface area contributed by atoms with Gasteiger partial charge in [-0.2, -0.15) is 0 Å². The summed E-state index contributed by atoms with van der Waals surface area (Å²) >= 11 is 0. The highest BCUT2D eigenvalue weighted by atomic mass is 15.2. The molecule has 0 bridgehead atoms. The summed E-state index contributed by atoms with van der Waals surface area (Å²) < 4.78 is 126. The minimum atomic E-state index is -0.720. The molecule has 570 valence electrons. The Morgan fingerprint density at radius 3 is 1.15 bits per heavy atom. The number of fused-ring (bicyclic) bond motifs is 7. The average molecular weight is 1480 g/mol. The second-order valence-electron chi connectivity index (χ2n) is 41.1. The van der Waals surface area contributed by atoms with Gasteiger partial charge in [0.2, 0.25) is 0 Å². The van der Waals surface area contributed by atoms with Gasteiger partial charge >= 0.3 is 0 Å². The van der Waals surface area contributed by atoms with Crippen LogP contribution < -0.4 is 26.2 Å². The molecule has 4 heteroatoms. The molecule has 0 amide bonds. The lowest BCUT2D eigenvalue weighted by atomic mass is 9.33. The molecule has 2 aliphatic rings. The highest BCUT2D eigenvalue weighted by Crippen LogP contribution is 2.58. The molecule has 0 saturated carbocycles. The van der Waals surface area contributed by atoms with E-state index in [-0.39, 0.29) is 61.1 Å². The van der Waals surface area contributed by atoms with Crippen LogP contribution in [0, 0.1) is 0 Å². The Hall–Kier alpha value is -9.90. The van der Waals surface area contributed by atoms with Crippen molar-refractivity contribution in [2.75, 3.05) is 9.80 Å². The van der Waals surface area contributed by atoms with E-state index in [1.54, 1.807) is 4.57 Å². The van der Waals surface area contributed by atoms with Crippen LogP contribution in [0.1, 0.15) is 255 Å². The van der Waals surface area contributed by atoms with E-state index >= 15 is 0 Å². The van der Waals surface area contributed by atoms with Crippen molar-refractivity contribution in [3.8, 4) is 61.3 Å². The second-order valence-corrected chi connectivity index (χ2v) is 41.1. The lowest BCUT2D eigenvalue weighted by Gasteiger charge is -2.47. The van der Waals surface area contributed by atoms with Gasteiger partial charge in [0, 0.05) is 61.5 Å². The van der Waals surface area contributed by atoms with Crippen LogP contribution in [0.4, 0.5) is 34.1 Å². The largest absolute Gasteiger partial charge is 0.310 e. The molecular formula is C108H120BN3. The van der Waals surface area contributed by atoms with Crippen LogP contribution in [0.15, 0.2) is 236 Å². The molecule has 1 aromatic heterocycles. The van der Waals surface area contributed by atoms with Gasteiger partial charge in [0.1, 0.15) is 0 Å². The summed E-state index contributed by atoms with van der Waals surface area (Å²) in [6.07, 6.45) is 0. The van der Waals surface area contributed by atoms with Crippen molar-refractivity contribution >= 4 is 79.0 Å². The Labute approximate surface area is 691 Å². The van der Waals surface area contributed by atoms with E-state index in [9.17, 15) is 16.4 Å². The molecule has 15 rings (SSSR count). The summed E-state index contributed by atoms with van der Waals surface area (Å²) in [5.41, 5.74) is 22.2. The van der Waals surface area contributed by atoms with Crippen LogP contribution in [-0.2, 0) is 48.7 Å². The van der Waals surface area contributed by atoms with Crippen molar-refractivity contribution in [2.24, 2.45) is 0 Å². The molecule has 0 atom stereocenters. The third-order valence-electron chi connectivity index (χ3n) is 23.4. The van der Waals surface area contributed by atoms with Gasteiger partial charge in [-0.15, -0.1) is 0 Å². The third kappa shape index (κ3) is 13.9. The number of para-hydroxylation sites is 2. The molecule has 0 unspecified atom stereocenters. The van der Waals surface area contributed by atoms with Crippen LogP contribution in [-0.4, -0.2) is 11.3 Å². The highest BCUT2D eigenvalue weighted by Gasteiger charge is 2.47. The topological polar surface area (TPSA) is 11.4 Å². The SMILES string of the molecule is [2H]c1c([2H])c([2H])c(-c2ccc3c(c2)N(c2c(-c4cc(C(C)(C)C)cc(C(C)(C)C)c4)cc(C(C)(C)C)cc2-c2ccccc2C(C)(C)C)c2cc(C(C)(C)C)cc4c2B3c2ccc(-n3c5c([2H])c([2H])c([2H])c([2H])c5c5c([2H])c([2H])c([2H])c([2H])c53)cc2N4c2c(-c3ccc(C(C)(C)C)cc3)cc(C(C)(C)C)cc2-c2cc(C(C)(C)C)ccc2C(C)(C)C)c([2H])c1[2H]. The number of hydrogen-bond donors (Lipinski definition) is 0. The second kappa shape index (κ2) is 26.9. The quantitative estimate of drug-likeness (QED) is 0.141. The lowest BCUT2D eigenvalue weighted by Crippen LogP contribution is -2.61. The fourth-order valence-electron chi connectivity index (χ4n) is 16.8. The van der Waals surface area contributed by atoms with E-state index in [1.165, 1.54) is 0 Å². The molecule has 112 heavy (non-hydrogen) atoms. The molecule has 0 fully saturated rings. The average Bonchev–Trinajstić information content (AvgIpc) is 1.21. The van der Waals surface area contributed by atoms with E-state index in [1.807, 2.05) is 12.1 Å². The number of rotatable bonds is 8. The molecule has 0 radical (unpaired) electrons. The number of aromatic nitrogens is 1. The Balaban J connectivity index is 1.25. The predicted octanol–water partition coefficient (Wildman–Crippen LogP) is 28.9. The monoisotopic (exact) mass is 1480 g/mol. The summed E-state index contributed by atoms with van der Waals surface area (Å²) in [6, 6.07) is 52.6. The fraction of sp³-hybridized carbons (Fsp3) is 0.333. The summed E-state index contributed by atoms with van der Waals surface area (Å²) in [6.45, 7) is 60.5. The molecular weight excluding hydrogens is 1350 g/mol. The van der Waals surface area contributed by atoms with Crippen molar-refractivity contribution in [2.45, 2.75) is 236 Å². The lowest BCUT2D eigenvalue weighted by molar-refractivity contribution is 0.569. The zero-order valence-corrected chi connectivity index (χ0v) is 71.4. The molecule has 0 spiro atoms. The van der Waals surface area contributed by atoms with Crippen molar-refractivity contribution in [3.63, 3.8) is 0 Å². The fourth-order valence-corrected chi connectivity index (χ4v) is 16.8. The Bertz CT molecular complexity index is 6560. The standard InChI is InChI=1S/C108H120BN3/c1-100(2,3)71-48-45-68(46-49-71)82-60-75(104(13,14)15)63-86(84-59-72(101(4,5)6)50-52-88(84)108(25,26)27)98(82)112-94-66-78(110-91-43-35-32-40-80(91)81-41-33-36-44-92(81)110)51-54-90(94)109-89-53-47-69(67-37-29-28-30-38-67)57-93(89)111(95-64-77(106(19,20)21)65-96(112)97(95)109)99-83(70-55-73(102(7,8)9)58-74(56-70)103(10,11)12)61-76(105(16,17)18)62-85(99)79-39-31-34-42-87(79)107(22,23)24/h28-66H,1-27H3/i28D,29D,30D,32D,33D,35D,36D,37D,38D,40D,41D,43D,44D. The van der Waals surface area contributed by atoms with Crippen LogP contribution in [0.3, 0.4) is 0 Å². The van der Waals surface area contributed by atoms with Gasteiger partial charge < -0.3 is 14.4 Å². The molecule has 3 nitrogen and oxygen atoms in total. The van der Waals surface area contributed by atoms with E-state index in [0.29, 0.717) is 22.6 Å². The molecule has 0 aliphatic carbocycles. The Kier molecular flexibility index (Phi) is 15.0. The van der Waals surface area contributed by atoms with Crippen molar-refractivity contribution in [3.05, 3.63) is 286 Å². The molecule has 0 saturated heterocycles. The van der Waals surface area contributed by atoms with Gasteiger partial charge in [0.25, 0.3) is 6.71 Å². The van der Waals surface area contributed by atoms with E-state index in [2.05, 4.69) is 342 Å². The maximum absolute atomic E-state index is 10.0. The summed E-state index contributed by atoms with van der Waals surface area (Å²) in [5.74, 6) is 0. The first-order valence-corrected chi connectivity index (χ1v) is 40.2. The predicted molar refractivity (Wildman–Crippen MR) is 490 cm³/mol.